The van der Waals surface area contributed by atoms with Gasteiger partial charge in [-0.25, -0.2) is 0 Å². The Morgan fingerprint density at radius 2 is 2.21 bits per heavy atom. The van der Waals surface area contributed by atoms with Gasteiger partial charge in [-0.15, -0.1) is 0 Å². The zero-order valence-corrected chi connectivity index (χ0v) is 9.13. The maximum absolute atomic E-state index is 4.16. The fraction of sp³-hybridized carbons (Fsp3) is 0.182. The summed E-state index contributed by atoms with van der Waals surface area (Å²) in [5.74, 6) is 6.13. The lowest BCUT2D eigenvalue weighted by molar-refractivity contribution is 1.10. The van der Waals surface area contributed by atoms with E-state index in [0.29, 0.717) is 0 Å². The van der Waals surface area contributed by atoms with E-state index in [1.807, 2.05) is 24.3 Å². The number of fused-ring (bicyclic) bond motifs is 1. The van der Waals surface area contributed by atoms with Crippen molar-refractivity contribution in [3.05, 3.63) is 30.0 Å². The molecule has 1 aromatic heterocycles. The summed E-state index contributed by atoms with van der Waals surface area (Å²) in [7, 11) is 0. The minimum Gasteiger partial charge on any atom is -0.269 e. The maximum Gasteiger partial charge on any atom is 0.115 e. The molecule has 0 bridgehead atoms. The molecule has 2 rings (SSSR count). The first-order valence-electron chi connectivity index (χ1n) is 4.40. The van der Waals surface area contributed by atoms with Crippen molar-refractivity contribution in [2.24, 2.45) is 0 Å². The van der Waals surface area contributed by atoms with Gasteiger partial charge in [-0.2, -0.15) is 5.10 Å². The van der Waals surface area contributed by atoms with Crippen LogP contribution in [0.15, 0.2) is 24.3 Å². The number of aromatic amines is 1. The van der Waals surface area contributed by atoms with E-state index in [4.69, 9.17) is 0 Å². The molecule has 2 aromatic rings. The molecule has 0 amide bonds. The van der Waals surface area contributed by atoms with Crippen molar-refractivity contribution in [1.82, 2.24) is 10.2 Å². The Balaban J connectivity index is 2.40. The molecule has 70 valence electrons. The van der Waals surface area contributed by atoms with Gasteiger partial charge >= 0.3 is 0 Å². The maximum atomic E-state index is 4.16. The Morgan fingerprint density at radius 1 is 1.36 bits per heavy atom. The van der Waals surface area contributed by atoms with E-state index in [-0.39, 0.29) is 0 Å². The van der Waals surface area contributed by atoms with Gasteiger partial charge in [0.05, 0.1) is 5.52 Å². The number of nitrogens with zero attached hydrogens (tertiary/aromatic N) is 1. The summed E-state index contributed by atoms with van der Waals surface area (Å²) in [5.41, 5.74) is 1.87. The summed E-state index contributed by atoms with van der Waals surface area (Å²) in [5, 5.41) is 9.09. The summed E-state index contributed by atoms with van der Waals surface area (Å²) in [6.45, 7) is 0. The fourth-order valence-electron chi connectivity index (χ4n) is 1.25. The molecule has 0 aliphatic carbocycles. The molecule has 1 aromatic carbocycles. The second-order valence-electron chi connectivity index (χ2n) is 2.86. The van der Waals surface area contributed by atoms with Crippen molar-refractivity contribution in [2.45, 2.75) is 6.42 Å². The lowest BCUT2D eigenvalue weighted by Gasteiger charge is -1.85. The molecule has 0 unspecified atom stereocenters. The van der Waals surface area contributed by atoms with Gasteiger partial charge in [-0.3, -0.25) is 5.10 Å². The molecule has 0 aliphatic heterocycles. The molecule has 0 saturated heterocycles. The average Bonchev–Trinajstić information content (AvgIpc) is 2.63. The van der Waals surface area contributed by atoms with Crippen LogP contribution >= 0.6 is 15.9 Å². The second kappa shape index (κ2) is 4.30. The standard InChI is InChI=1S/C11H9BrN2/c12-8-4-3-7-11-9-5-1-2-6-10(9)13-14-11/h1-2,5-6H,4,8H2,(H,13,14). The summed E-state index contributed by atoms with van der Waals surface area (Å²) in [6.07, 6.45) is 0.855. The topological polar surface area (TPSA) is 28.7 Å². The van der Waals surface area contributed by atoms with Crippen molar-refractivity contribution in [1.29, 1.82) is 0 Å². The van der Waals surface area contributed by atoms with Crippen LogP contribution in [0.2, 0.25) is 0 Å². The molecule has 0 atom stereocenters. The van der Waals surface area contributed by atoms with Crippen LogP contribution in [0.5, 0.6) is 0 Å². The molecule has 0 spiro atoms. The Kier molecular flexibility index (Phi) is 2.85. The Morgan fingerprint density at radius 3 is 3.07 bits per heavy atom. The second-order valence-corrected chi connectivity index (χ2v) is 3.65. The highest BCUT2D eigenvalue weighted by molar-refractivity contribution is 9.09. The normalized spacial score (nSPS) is 9.79. The molecular weight excluding hydrogens is 240 g/mol. The molecular formula is C11H9BrN2. The van der Waals surface area contributed by atoms with Gasteiger partial charge in [0.1, 0.15) is 5.69 Å². The SMILES string of the molecule is BrCCC#Cc1[nH]nc2ccccc12. The number of aromatic nitrogens is 2. The van der Waals surface area contributed by atoms with Crippen LogP contribution in [0.3, 0.4) is 0 Å². The molecule has 14 heavy (non-hydrogen) atoms. The number of hydrogen-bond donors (Lipinski definition) is 1. The number of alkyl halides is 1. The highest BCUT2D eigenvalue weighted by atomic mass is 79.9. The van der Waals surface area contributed by atoms with E-state index < -0.39 is 0 Å². The molecule has 0 aliphatic rings. The van der Waals surface area contributed by atoms with Gasteiger partial charge in [0.15, 0.2) is 0 Å². The van der Waals surface area contributed by atoms with Gasteiger partial charge in [0, 0.05) is 17.1 Å². The lowest BCUT2D eigenvalue weighted by Crippen LogP contribution is -1.75. The summed E-state index contributed by atoms with van der Waals surface area (Å²) < 4.78 is 0. The number of nitrogens with one attached hydrogen (secondary N) is 1. The van der Waals surface area contributed by atoms with Gasteiger partial charge in [0.25, 0.3) is 0 Å². The minimum atomic E-state index is 0.855. The van der Waals surface area contributed by atoms with Crippen molar-refractivity contribution < 1.29 is 0 Å². The highest BCUT2D eigenvalue weighted by Crippen LogP contribution is 2.13. The van der Waals surface area contributed by atoms with Crippen LogP contribution in [-0.4, -0.2) is 15.5 Å². The van der Waals surface area contributed by atoms with E-state index in [0.717, 1.165) is 28.3 Å². The van der Waals surface area contributed by atoms with Gasteiger partial charge in [-0.05, 0) is 18.1 Å². The molecule has 3 heteroatoms. The van der Waals surface area contributed by atoms with E-state index in [1.165, 1.54) is 0 Å². The smallest absolute Gasteiger partial charge is 0.115 e. The third kappa shape index (κ3) is 1.80. The van der Waals surface area contributed by atoms with Gasteiger partial charge < -0.3 is 0 Å². The summed E-state index contributed by atoms with van der Waals surface area (Å²) in [4.78, 5) is 0. The third-order valence-electron chi connectivity index (χ3n) is 1.89. The first kappa shape index (κ1) is 9.29. The van der Waals surface area contributed by atoms with Crippen molar-refractivity contribution >= 4 is 26.8 Å². The Bertz CT molecular complexity index is 490. The zero-order chi connectivity index (χ0) is 9.80. The molecule has 1 N–H and O–H groups in total. The first-order chi connectivity index (χ1) is 6.92. The zero-order valence-electron chi connectivity index (χ0n) is 7.55. The fourth-order valence-corrected chi connectivity index (χ4v) is 1.45. The van der Waals surface area contributed by atoms with E-state index in [2.05, 4.69) is 38.0 Å². The Hall–Kier alpha value is -1.27. The quantitative estimate of drug-likeness (QED) is 0.611. The number of hydrogen-bond acceptors (Lipinski definition) is 1. The van der Waals surface area contributed by atoms with Crippen LogP contribution in [0, 0.1) is 11.8 Å². The van der Waals surface area contributed by atoms with E-state index in [9.17, 15) is 0 Å². The average molecular weight is 249 g/mol. The first-order valence-corrected chi connectivity index (χ1v) is 5.52. The number of halogens is 1. The molecule has 0 fully saturated rings. The largest absolute Gasteiger partial charge is 0.269 e. The highest BCUT2D eigenvalue weighted by Gasteiger charge is 1.99. The molecule has 1 heterocycles. The molecule has 0 saturated carbocycles. The molecule has 0 radical (unpaired) electrons. The minimum absolute atomic E-state index is 0.855. The van der Waals surface area contributed by atoms with Crippen molar-refractivity contribution in [3.63, 3.8) is 0 Å². The Labute approximate surface area is 90.8 Å². The predicted molar refractivity (Wildman–Crippen MR) is 61.4 cm³/mol. The third-order valence-corrected chi connectivity index (χ3v) is 2.29. The number of H-pyrrole nitrogens is 1. The summed E-state index contributed by atoms with van der Waals surface area (Å²) in [6, 6.07) is 7.96. The van der Waals surface area contributed by atoms with Crippen LogP contribution in [-0.2, 0) is 0 Å². The number of rotatable bonds is 1. The summed E-state index contributed by atoms with van der Waals surface area (Å²) >= 11 is 3.34. The van der Waals surface area contributed by atoms with Crippen LogP contribution in [0.25, 0.3) is 10.9 Å². The van der Waals surface area contributed by atoms with E-state index in [1.54, 1.807) is 0 Å². The van der Waals surface area contributed by atoms with Crippen molar-refractivity contribution in [3.8, 4) is 11.8 Å². The monoisotopic (exact) mass is 248 g/mol. The van der Waals surface area contributed by atoms with Gasteiger partial charge in [0.2, 0.25) is 0 Å². The van der Waals surface area contributed by atoms with Crippen molar-refractivity contribution in [2.75, 3.05) is 5.33 Å². The number of benzene rings is 1. The lowest BCUT2D eigenvalue weighted by atomic mass is 10.2. The van der Waals surface area contributed by atoms with Crippen LogP contribution in [0.4, 0.5) is 0 Å². The van der Waals surface area contributed by atoms with Crippen LogP contribution < -0.4 is 0 Å². The van der Waals surface area contributed by atoms with E-state index >= 15 is 0 Å². The predicted octanol–water partition coefficient (Wildman–Crippen LogP) is 2.70. The van der Waals surface area contributed by atoms with Gasteiger partial charge in [-0.1, -0.05) is 34.0 Å². The molecule has 2 nitrogen and oxygen atoms in total. The number of para-hydroxylation sites is 1. The van der Waals surface area contributed by atoms with Crippen LogP contribution in [0.1, 0.15) is 12.1 Å².